The fourth-order valence-electron chi connectivity index (χ4n) is 13.2. The van der Waals surface area contributed by atoms with Gasteiger partial charge in [-0.2, -0.15) is 39.5 Å². The second-order valence-corrected chi connectivity index (χ2v) is 28.3. The van der Waals surface area contributed by atoms with Gasteiger partial charge in [0.15, 0.2) is 0 Å². The van der Waals surface area contributed by atoms with Crippen LogP contribution in [-0.2, 0) is 52.2 Å². The van der Waals surface area contributed by atoms with Gasteiger partial charge in [-0.1, -0.05) is 112 Å². The Balaban J connectivity index is 0.000000197. The third kappa shape index (κ3) is 22.2. The number of hydrogen-bond acceptors (Lipinski definition) is 9. The van der Waals surface area contributed by atoms with Crippen molar-refractivity contribution >= 4 is 80.5 Å². The summed E-state index contributed by atoms with van der Waals surface area (Å²) < 4.78 is 139. The van der Waals surface area contributed by atoms with Crippen molar-refractivity contribution in [3.05, 3.63) is 315 Å². The molecule has 3 amide bonds. The minimum atomic E-state index is -4.45. The highest BCUT2D eigenvalue weighted by molar-refractivity contribution is 14.1. The maximum atomic E-state index is 13.7. The van der Waals surface area contributed by atoms with Crippen LogP contribution in [0.2, 0.25) is 6.82 Å². The van der Waals surface area contributed by atoms with Gasteiger partial charge in [0.2, 0.25) is 17.7 Å². The van der Waals surface area contributed by atoms with Gasteiger partial charge >= 0.3 is 26.0 Å². The van der Waals surface area contributed by atoms with Crippen LogP contribution in [0.1, 0.15) is 148 Å². The van der Waals surface area contributed by atoms with E-state index in [1.807, 2.05) is 71.0 Å². The second kappa shape index (κ2) is 40.1. The van der Waals surface area contributed by atoms with Gasteiger partial charge in [0.05, 0.1) is 104 Å². The van der Waals surface area contributed by atoms with Crippen molar-refractivity contribution < 1.29 is 58.2 Å². The van der Waals surface area contributed by atoms with E-state index >= 15 is 0 Å². The minimum Gasteiger partial charge on any atom is -0.342 e. The number of carbonyl (C=O) groups is 3. The molecule has 0 aliphatic carbocycles. The molecule has 604 valence electrons. The first-order valence-corrected chi connectivity index (χ1v) is 38.5. The van der Waals surface area contributed by atoms with E-state index in [0.717, 1.165) is 45.5 Å². The summed E-state index contributed by atoms with van der Waals surface area (Å²) in [6, 6.07) is 54.7. The number of hydrogen-bond donors (Lipinski definition) is 0. The number of para-hydroxylation sites is 3. The molecular formula is C90H83BF10IN9O6. The minimum absolute atomic E-state index is 0.0657. The molecule has 0 aliphatic heterocycles. The molecule has 15 nitrogen and oxygen atoms in total. The van der Waals surface area contributed by atoms with Crippen LogP contribution in [0.3, 0.4) is 0 Å². The van der Waals surface area contributed by atoms with Crippen molar-refractivity contribution in [2.45, 2.75) is 130 Å². The molecule has 0 bridgehead atoms. The summed E-state index contributed by atoms with van der Waals surface area (Å²) >= 11 is 2.19. The van der Waals surface area contributed by atoms with Crippen LogP contribution in [0.5, 0.6) is 0 Å². The van der Waals surface area contributed by atoms with Gasteiger partial charge in [-0.15, -0.1) is 12.3 Å². The number of nitrogens with zero attached hydrogens (tertiary/aromatic N) is 9. The van der Waals surface area contributed by atoms with Crippen LogP contribution in [0.25, 0.3) is 49.8 Å². The van der Waals surface area contributed by atoms with Crippen molar-refractivity contribution in [2.75, 3.05) is 19.6 Å². The number of rotatable bonds is 21. The molecule has 3 aromatic heterocycles. The van der Waals surface area contributed by atoms with Crippen LogP contribution >= 0.6 is 22.6 Å². The SMILES string of the molecule is C#Cc1ccc(-n2c([C@@H](C)N(CCC)C(=O)Cc3ccc(C(F)(F)F)cc3)nc3ccccc3c2=O)cc1.CC#Cc1ccc(-n2c([C@@H](C)N(CCC)C(=O)Cc3ccc(C(F)(F)F)cc3)nc3ccccc3c2=O)cc1.CCCN(C(=O)Cc1ccc(C(F)(F)F)cc1)[C@H](C)c1nc2ccccc2c(=O)n1-c1ccc(I)cc1.[3H]B(C)F. The quantitative estimate of drug-likeness (QED) is 0.0294. The third-order valence-electron chi connectivity index (χ3n) is 19.0. The third-order valence-corrected chi connectivity index (χ3v) is 19.7. The average molecular weight is 1720 g/mol. The van der Waals surface area contributed by atoms with Crippen LogP contribution in [0, 0.1) is 27.8 Å². The monoisotopic (exact) mass is 1720 g/mol. The molecule has 0 N–H and O–H groups in total. The predicted molar refractivity (Wildman–Crippen MR) is 446 cm³/mol. The zero-order valence-electron chi connectivity index (χ0n) is 66.2. The Labute approximate surface area is 685 Å². The number of alkyl halides is 9. The summed E-state index contributed by atoms with van der Waals surface area (Å²) in [5.41, 5.74) is 3.13. The van der Waals surface area contributed by atoms with Gasteiger partial charge in [0, 0.05) is 35.7 Å². The highest BCUT2D eigenvalue weighted by Crippen LogP contribution is 2.34. The summed E-state index contributed by atoms with van der Waals surface area (Å²) in [7, 11) is -1.42. The van der Waals surface area contributed by atoms with Crippen molar-refractivity contribution in [1.29, 1.82) is 1.34 Å². The predicted octanol–water partition coefficient (Wildman–Crippen LogP) is 19.2. The molecule has 3 atom stereocenters. The number of halogens is 11. The molecular weight excluding hydrogens is 1630 g/mol. The number of amides is 3. The first-order chi connectivity index (χ1) is 56.1. The molecule has 3 heterocycles. The lowest BCUT2D eigenvalue weighted by Gasteiger charge is -2.30. The Morgan fingerprint density at radius 2 is 0.701 bits per heavy atom. The molecule has 0 aliphatic rings. The first-order valence-electron chi connectivity index (χ1n) is 38.0. The maximum Gasteiger partial charge on any atom is 0.416 e. The van der Waals surface area contributed by atoms with Gasteiger partial charge in [0.25, 0.3) is 16.7 Å². The van der Waals surface area contributed by atoms with Crippen LogP contribution in [0.4, 0.5) is 43.8 Å². The van der Waals surface area contributed by atoms with E-state index in [1.54, 1.807) is 138 Å². The molecule has 12 aromatic rings. The van der Waals surface area contributed by atoms with Crippen molar-refractivity contribution in [3.8, 4) is 41.2 Å². The van der Waals surface area contributed by atoms with Gasteiger partial charge in [-0.05, 0) is 232 Å². The largest absolute Gasteiger partial charge is 0.416 e. The standard InChI is InChI=1S/C31H28F3N3O2.C30H26F3N3O2.C28H25F3IN3O2.CH4BF/c1-4-8-22-13-17-25(18-14-22)37-29(35-27-10-7-6-9-26(27)30(37)39)21(3)36(19-5-2)28(38)20-23-11-15-24(16-12-23)31(32,33)34;1-4-18-35(27(37)19-22-10-14-23(15-11-22)30(31,32)33)20(3)28-34-26-9-7-6-8-25(26)29(38)36(28)24-16-12-21(5-2)13-17-24;1-3-16-34(25(36)17-19-8-10-20(11-9-19)28(29,30)31)18(2)26-33-24-7-5-4-6-23(24)27(37)35(26)22-14-12-21(32)13-15-22;1-2-3/h6-7,9-18,21H,5,19-20H2,1-3H3;2,6-17,20H,4,18-19H2,1,3H3;4-15,18H,3,16-17H2,1-2H3;2H,1H3/t21-;20-;18-;/m111./s1/i;;;2T. The Bertz CT molecular complexity index is 5810. The Morgan fingerprint density at radius 3 is 0.949 bits per heavy atom. The highest BCUT2D eigenvalue weighted by Gasteiger charge is 2.35. The Kier molecular flexibility index (Phi) is 29.9. The summed E-state index contributed by atoms with van der Waals surface area (Å²) in [5.74, 6) is 8.75. The van der Waals surface area contributed by atoms with Crippen molar-refractivity contribution in [3.63, 3.8) is 0 Å². The van der Waals surface area contributed by atoms with E-state index in [1.165, 1.54) is 56.9 Å². The molecule has 117 heavy (non-hydrogen) atoms. The van der Waals surface area contributed by atoms with E-state index < -0.39 is 60.9 Å². The average Bonchev–Trinajstić information content (AvgIpc) is 0.770. The van der Waals surface area contributed by atoms with Gasteiger partial charge in [-0.3, -0.25) is 42.5 Å². The first kappa shape index (κ1) is 87.4. The number of fused-ring (bicyclic) bond motifs is 3. The van der Waals surface area contributed by atoms with E-state index in [-0.39, 0.29) is 53.7 Å². The zero-order valence-corrected chi connectivity index (χ0v) is 67.3. The van der Waals surface area contributed by atoms with Gasteiger partial charge in [-0.25, -0.2) is 15.0 Å². The number of aromatic nitrogens is 6. The van der Waals surface area contributed by atoms with E-state index in [9.17, 15) is 72.6 Å². The van der Waals surface area contributed by atoms with Crippen LogP contribution in [-0.4, -0.2) is 89.6 Å². The Morgan fingerprint density at radius 1 is 0.444 bits per heavy atom. The number of carbonyl (C=O) groups excluding carboxylic acids is 3. The van der Waals surface area contributed by atoms with Gasteiger partial charge < -0.3 is 19.0 Å². The number of benzene rings is 9. The number of terminal acetylenes is 1. The lowest BCUT2D eigenvalue weighted by atomic mass is 10.1. The molecule has 0 radical (unpaired) electrons. The fourth-order valence-corrected chi connectivity index (χ4v) is 13.5. The molecule has 0 fully saturated rings. The van der Waals surface area contributed by atoms with Crippen molar-refractivity contribution in [1.82, 2.24) is 43.4 Å². The lowest BCUT2D eigenvalue weighted by Crippen LogP contribution is -2.38. The molecule has 0 unspecified atom stereocenters. The molecule has 12 rings (SSSR count). The van der Waals surface area contributed by atoms with Crippen LogP contribution in [0.15, 0.2) is 233 Å². The van der Waals surface area contributed by atoms with Crippen LogP contribution < -0.4 is 16.7 Å². The summed E-state index contributed by atoms with van der Waals surface area (Å²) in [4.78, 5) is 101. The smallest absolute Gasteiger partial charge is 0.342 e. The molecule has 27 heteroatoms. The summed E-state index contributed by atoms with van der Waals surface area (Å²) in [6.07, 6.45) is -6.14. The summed E-state index contributed by atoms with van der Waals surface area (Å²) in [6.45, 7) is 15.3. The second-order valence-electron chi connectivity index (χ2n) is 27.1. The maximum absolute atomic E-state index is 13.7. The van der Waals surface area contributed by atoms with Crippen molar-refractivity contribution in [2.24, 2.45) is 0 Å². The normalized spacial score (nSPS) is 12.2. The Hall–Kier alpha value is -12.0. The molecule has 9 aromatic carbocycles. The molecule has 0 spiro atoms. The van der Waals surface area contributed by atoms with Gasteiger partial charge in [0.1, 0.15) is 17.5 Å². The highest BCUT2D eigenvalue weighted by atomic mass is 127. The van der Waals surface area contributed by atoms with E-state index in [4.69, 9.17) is 22.7 Å². The topological polar surface area (TPSA) is 166 Å². The zero-order chi connectivity index (χ0) is 85.9. The summed E-state index contributed by atoms with van der Waals surface area (Å²) in [5, 5.41) is 1.35. The van der Waals surface area contributed by atoms with E-state index in [0.29, 0.717) is 128 Å². The lowest BCUT2D eigenvalue weighted by molar-refractivity contribution is -0.138. The van der Waals surface area contributed by atoms with E-state index in [2.05, 4.69) is 40.4 Å². The molecule has 0 saturated carbocycles. The fraction of sp³-hybridized carbons (Fsp3) is 0.256. The molecule has 0 saturated heterocycles.